The minimum absolute atomic E-state index is 0.0153. The molecule has 3 rings (SSSR count). The summed E-state index contributed by atoms with van der Waals surface area (Å²) in [6.07, 6.45) is 4.36. The number of piperidine rings is 1. The highest BCUT2D eigenvalue weighted by Crippen LogP contribution is 2.41. The highest BCUT2D eigenvalue weighted by atomic mass is 16.5. The van der Waals surface area contributed by atoms with E-state index in [4.69, 9.17) is 4.74 Å². The number of carbonyl (C=O) groups excluding carboxylic acids is 1. The Bertz CT molecular complexity index is 613. The molecule has 2 aliphatic rings. The molecular formula is C21H33N3O2. The summed E-state index contributed by atoms with van der Waals surface area (Å²) in [5.74, 6) is 1.12. The number of nitrogens with one attached hydrogen (secondary N) is 1. The van der Waals surface area contributed by atoms with Crippen LogP contribution in [0.3, 0.4) is 0 Å². The van der Waals surface area contributed by atoms with Gasteiger partial charge in [-0.05, 0) is 68.9 Å². The van der Waals surface area contributed by atoms with Gasteiger partial charge in [0.15, 0.2) is 0 Å². The maximum absolute atomic E-state index is 12.9. The molecule has 0 saturated carbocycles. The standard InChI is InChI=1S/C21H33N3O2/c1-4-17-6-5-7-18(14-17)26-13-12-23(2)20(25)19-15-21(16-24(19)3)8-10-22-11-9-21/h5-7,14,19,22H,4,8-13,15-16H2,1-3H3/t19-/m0/s1. The Morgan fingerprint density at radius 1 is 1.38 bits per heavy atom. The normalized spacial score (nSPS) is 22.5. The topological polar surface area (TPSA) is 44.8 Å². The van der Waals surface area contributed by atoms with Gasteiger partial charge in [0.25, 0.3) is 0 Å². The Labute approximate surface area is 157 Å². The van der Waals surface area contributed by atoms with Crippen LogP contribution in [-0.2, 0) is 11.2 Å². The number of benzene rings is 1. The third-order valence-electron chi connectivity index (χ3n) is 6.07. The summed E-state index contributed by atoms with van der Waals surface area (Å²) in [5, 5.41) is 3.44. The summed E-state index contributed by atoms with van der Waals surface area (Å²) in [6.45, 7) is 6.48. The van der Waals surface area contributed by atoms with Gasteiger partial charge in [0, 0.05) is 13.6 Å². The SMILES string of the molecule is CCc1cccc(OCCN(C)C(=O)[C@@H]2CC3(CCNCC3)CN2C)c1. The van der Waals surface area contributed by atoms with E-state index in [1.165, 1.54) is 18.4 Å². The number of aryl methyl sites for hydroxylation is 1. The Balaban J connectivity index is 1.49. The minimum Gasteiger partial charge on any atom is -0.492 e. The smallest absolute Gasteiger partial charge is 0.239 e. The molecular weight excluding hydrogens is 326 g/mol. The van der Waals surface area contributed by atoms with Crippen LogP contribution in [0.2, 0.25) is 0 Å². The minimum atomic E-state index is 0.0153. The van der Waals surface area contributed by atoms with Crippen LogP contribution in [0.1, 0.15) is 31.7 Å². The molecule has 1 aromatic carbocycles. The first-order valence-electron chi connectivity index (χ1n) is 9.91. The van der Waals surface area contributed by atoms with Crippen molar-refractivity contribution in [1.29, 1.82) is 0 Å². The molecule has 0 radical (unpaired) electrons. The van der Waals surface area contributed by atoms with Gasteiger partial charge in [0.05, 0.1) is 12.6 Å². The first kappa shape index (κ1) is 19.2. The van der Waals surface area contributed by atoms with E-state index in [-0.39, 0.29) is 11.9 Å². The Kier molecular flexibility index (Phi) is 6.20. The van der Waals surface area contributed by atoms with E-state index < -0.39 is 0 Å². The largest absolute Gasteiger partial charge is 0.492 e. The molecule has 0 aliphatic carbocycles. The van der Waals surface area contributed by atoms with Crippen LogP contribution in [-0.4, -0.2) is 68.6 Å². The number of amides is 1. The fourth-order valence-corrected chi connectivity index (χ4v) is 4.39. The van der Waals surface area contributed by atoms with Gasteiger partial charge in [-0.1, -0.05) is 19.1 Å². The molecule has 0 unspecified atom stereocenters. The van der Waals surface area contributed by atoms with Gasteiger partial charge >= 0.3 is 0 Å². The van der Waals surface area contributed by atoms with Gasteiger partial charge in [0.2, 0.25) is 5.91 Å². The molecule has 1 atom stereocenters. The molecule has 0 aromatic heterocycles. The number of likely N-dealkylation sites (tertiary alicyclic amines) is 1. The van der Waals surface area contributed by atoms with Crippen LogP contribution >= 0.6 is 0 Å². The number of nitrogens with zero attached hydrogens (tertiary/aromatic N) is 2. The van der Waals surface area contributed by atoms with Crippen molar-refractivity contribution in [2.45, 2.75) is 38.6 Å². The van der Waals surface area contributed by atoms with Crippen LogP contribution in [0.5, 0.6) is 5.75 Å². The first-order valence-corrected chi connectivity index (χ1v) is 9.91. The average Bonchev–Trinajstić information content (AvgIpc) is 2.97. The summed E-state index contributed by atoms with van der Waals surface area (Å²) < 4.78 is 5.85. The molecule has 2 heterocycles. The van der Waals surface area contributed by atoms with Gasteiger partial charge < -0.3 is 15.0 Å². The summed E-state index contributed by atoms with van der Waals surface area (Å²) >= 11 is 0. The van der Waals surface area contributed by atoms with Gasteiger partial charge in [-0.3, -0.25) is 9.69 Å². The molecule has 144 valence electrons. The average molecular weight is 360 g/mol. The molecule has 26 heavy (non-hydrogen) atoms. The number of hydrogen-bond donors (Lipinski definition) is 1. The molecule has 1 spiro atoms. The van der Waals surface area contributed by atoms with E-state index in [2.05, 4.69) is 36.3 Å². The number of ether oxygens (including phenoxy) is 1. The number of carbonyl (C=O) groups is 1. The molecule has 1 aromatic rings. The molecule has 2 fully saturated rings. The summed E-state index contributed by atoms with van der Waals surface area (Å²) in [4.78, 5) is 17.0. The van der Waals surface area contributed by atoms with Gasteiger partial charge in [-0.2, -0.15) is 0 Å². The lowest BCUT2D eigenvalue weighted by Crippen LogP contribution is -2.43. The Morgan fingerprint density at radius 3 is 2.88 bits per heavy atom. The van der Waals surface area contributed by atoms with Crippen molar-refractivity contribution in [1.82, 2.24) is 15.1 Å². The fraction of sp³-hybridized carbons (Fsp3) is 0.667. The van der Waals surface area contributed by atoms with Crippen LogP contribution < -0.4 is 10.1 Å². The zero-order chi connectivity index (χ0) is 18.6. The zero-order valence-electron chi connectivity index (χ0n) is 16.5. The highest BCUT2D eigenvalue weighted by Gasteiger charge is 2.46. The monoisotopic (exact) mass is 359 g/mol. The third-order valence-corrected chi connectivity index (χ3v) is 6.07. The van der Waals surface area contributed by atoms with Crippen molar-refractivity contribution in [3.8, 4) is 5.75 Å². The molecule has 1 N–H and O–H groups in total. The van der Waals surface area contributed by atoms with E-state index in [9.17, 15) is 4.79 Å². The van der Waals surface area contributed by atoms with Crippen molar-refractivity contribution < 1.29 is 9.53 Å². The highest BCUT2D eigenvalue weighted by molar-refractivity contribution is 5.82. The van der Waals surface area contributed by atoms with E-state index in [1.807, 2.05) is 24.1 Å². The second kappa shape index (κ2) is 8.40. The van der Waals surface area contributed by atoms with Crippen LogP contribution in [0.25, 0.3) is 0 Å². The molecule has 5 heteroatoms. The predicted molar refractivity (Wildman–Crippen MR) is 105 cm³/mol. The van der Waals surface area contributed by atoms with Crippen molar-refractivity contribution in [2.24, 2.45) is 5.41 Å². The van der Waals surface area contributed by atoms with E-state index in [0.717, 1.165) is 38.2 Å². The number of likely N-dealkylation sites (N-methyl/N-ethyl adjacent to an activating group) is 2. The quantitative estimate of drug-likeness (QED) is 0.845. The van der Waals surface area contributed by atoms with Crippen molar-refractivity contribution in [3.63, 3.8) is 0 Å². The van der Waals surface area contributed by atoms with Gasteiger partial charge in [0.1, 0.15) is 12.4 Å². The summed E-state index contributed by atoms with van der Waals surface area (Å²) in [5.41, 5.74) is 1.60. The maximum atomic E-state index is 12.9. The third kappa shape index (κ3) is 4.38. The molecule has 1 amide bonds. The molecule has 2 aliphatic heterocycles. The molecule has 0 bridgehead atoms. The number of rotatable bonds is 6. The Hall–Kier alpha value is -1.59. The van der Waals surface area contributed by atoms with E-state index >= 15 is 0 Å². The van der Waals surface area contributed by atoms with E-state index in [0.29, 0.717) is 18.6 Å². The van der Waals surface area contributed by atoms with Gasteiger partial charge in [-0.15, -0.1) is 0 Å². The second-order valence-corrected chi connectivity index (χ2v) is 7.99. The summed E-state index contributed by atoms with van der Waals surface area (Å²) in [7, 11) is 4.00. The van der Waals surface area contributed by atoms with Crippen LogP contribution in [0.15, 0.2) is 24.3 Å². The first-order chi connectivity index (χ1) is 12.5. The van der Waals surface area contributed by atoms with E-state index in [1.54, 1.807) is 0 Å². The lowest BCUT2D eigenvalue weighted by Gasteiger charge is -2.33. The molecule has 5 nitrogen and oxygen atoms in total. The lowest BCUT2D eigenvalue weighted by molar-refractivity contribution is -0.134. The van der Waals surface area contributed by atoms with Crippen molar-refractivity contribution in [2.75, 3.05) is 46.9 Å². The fourth-order valence-electron chi connectivity index (χ4n) is 4.39. The van der Waals surface area contributed by atoms with Crippen molar-refractivity contribution >= 4 is 5.91 Å². The van der Waals surface area contributed by atoms with Crippen LogP contribution in [0.4, 0.5) is 0 Å². The van der Waals surface area contributed by atoms with Gasteiger partial charge in [-0.25, -0.2) is 0 Å². The molecule has 2 saturated heterocycles. The summed E-state index contributed by atoms with van der Waals surface area (Å²) in [6, 6.07) is 8.20. The zero-order valence-corrected chi connectivity index (χ0v) is 16.5. The second-order valence-electron chi connectivity index (χ2n) is 7.99. The van der Waals surface area contributed by atoms with Crippen molar-refractivity contribution in [3.05, 3.63) is 29.8 Å². The predicted octanol–water partition coefficient (Wildman–Crippen LogP) is 2.16. The maximum Gasteiger partial charge on any atom is 0.239 e. The Morgan fingerprint density at radius 2 is 2.15 bits per heavy atom. The number of hydrogen-bond acceptors (Lipinski definition) is 4. The van der Waals surface area contributed by atoms with Crippen LogP contribution in [0, 0.1) is 5.41 Å². The lowest BCUT2D eigenvalue weighted by atomic mass is 9.77.